The van der Waals surface area contributed by atoms with E-state index in [1.807, 2.05) is 18.2 Å². The lowest BCUT2D eigenvalue weighted by atomic mass is 10.0. The Kier molecular flexibility index (Phi) is 9.03. The van der Waals surface area contributed by atoms with E-state index in [-0.39, 0.29) is 36.8 Å². The molecule has 0 bridgehead atoms. The molecule has 0 radical (unpaired) electrons. The third-order valence-electron chi connectivity index (χ3n) is 4.51. The standard InChI is InChI=1S/C19H22ClN3O2.2ClH/c1-25-18-12-17(21)16(20)11-15(18)19(24)22-13-7-9-23(10-8-13)14-5-3-2-4-6-14;;/h2-6,11-13H,7-10,21H2,1H3,(H,22,24);2*1H. The van der Waals surface area contributed by atoms with E-state index in [0.29, 0.717) is 22.0 Å². The summed E-state index contributed by atoms with van der Waals surface area (Å²) in [6, 6.07) is 13.6. The van der Waals surface area contributed by atoms with Crippen LogP contribution < -0.4 is 20.7 Å². The molecule has 1 aliphatic heterocycles. The van der Waals surface area contributed by atoms with Crippen LogP contribution in [0.3, 0.4) is 0 Å². The summed E-state index contributed by atoms with van der Waals surface area (Å²) in [5.41, 5.74) is 7.80. The summed E-state index contributed by atoms with van der Waals surface area (Å²) in [4.78, 5) is 14.9. The van der Waals surface area contributed by atoms with Crippen LogP contribution in [0.5, 0.6) is 5.75 Å². The van der Waals surface area contributed by atoms with E-state index in [0.717, 1.165) is 25.9 Å². The summed E-state index contributed by atoms with van der Waals surface area (Å²) < 4.78 is 5.26. The molecule has 0 aliphatic carbocycles. The van der Waals surface area contributed by atoms with Crippen molar-refractivity contribution in [3.63, 3.8) is 0 Å². The van der Waals surface area contributed by atoms with Crippen LogP contribution >= 0.6 is 36.4 Å². The Labute approximate surface area is 177 Å². The van der Waals surface area contributed by atoms with Gasteiger partial charge in [-0.15, -0.1) is 24.8 Å². The van der Waals surface area contributed by atoms with Gasteiger partial charge in [-0.25, -0.2) is 0 Å². The van der Waals surface area contributed by atoms with Crippen molar-refractivity contribution in [1.82, 2.24) is 5.32 Å². The predicted molar refractivity (Wildman–Crippen MR) is 116 cm³/mol. The number of anilines is 2. The highest BCUT2D eigenvalue weighted by atomic mass is 35.5. The molecule has 1 saturated heterocycles. The van der Waals surface area contributed by atoms with Crippen LogP contribution in [0.25, 0.3) is 0 Å². The number of nitrogens with zero attached hydrogens (tertiary/aromatic N) is 1. The third-order valence-corrected chi connectivity index (χ3v) is 4.84. The van der Waals surface area contributed by atoms with Crippen LogP contribution in [0.1, 0.15) is 23.2 Å². The van der Waals surface area contributed by atoms with Crippen molar-refractivity contribution >= 4 is 53.7 Å². The van der Waals surface area contributed by atoms with Crippen LogP contribution in [0.15, 0.2) is 42.5 Å². The fraction of sp³-hybridized carbons (Fsp3) is 0.316. The number of hydrogen-bond donors (Lipinski definition) is 2. The Morgan fingerprint density at radius 2 is 1.81 bits per heavy atom. The number of carbonyl (C=O) groups is 1. The normalized spacial score (nSPS) is 13.9. The number of nitrogens with two attached hydrogens (primary N) is 1. The summed E-state index contributed by atoms with van der Waals surface area (Å²) in [6.45, 7) is 1.82. The summed E-state index contributed by atoms with van der Waals surface area (Å²) in [5, 5.41) is 3.44. The van der Waals surface area contributed by atoms with Gasteiger partial charge in [0.2, 0.25) is 0 Å². The minimum atomic E-state index is -0.183. The third kappa shape index (κ3) is 5.58. The van der Waals surface area contributed by atoms with E-state index < -0.39 is 0 Å². The molecule has 3 rings (SSSR count). The number of piperidine rings is 1. The first-order chi connectivity index (χ1) is 12.1. The number of hydrogen-bond acceptors (Lipinski definition) is 4. The molecule has 1 aliphatic rings. The fourth-order valence-corrected chi connectivity index (χ4v) is 3.26. The van der Waals surface area contributed by atoms with Crippen LogP contribution in [0.4, 0.5) is 11.4 Å². The number of carbonyl (C=O) groups excluding carboxylic acids is 1. The number of para-hydroxylation sites is 1. The van der Waals surface area contributed by atoms with Gasteiger partial charge in [-0.1, -0.05) is 29.8 Å². The van der Waals surface area contributed by atoms with E-state index in [1.54, 1.807) is 12.1 Å². The Balaban J connectivity index is 0.00000182. The van der Waals surface area contributed by atoms with Gasteiger partial charge in [0.25, 0.3) is 5.91 Å². The molecule has 148 valence electrons. The molecular weight excluding hydrogens is 409 g/mol. The number of methoxy groups -OCH3 is 1. The number of rotatable bonds is 4. The highest BCUT2D eigenvalue weighted by Gasteiger charge is 2.23. The zero-order valence-electron chi connectivity index (χ0n) is 15.0. The van der Waals surface area contributed by atoms with Gasteiger partial charge in [0.05, 0.1) is 23.4 Å². The number of halogens is 3. The van der Waals surface area contributed by atoms with Crippen molar-refractivity contribution in [2.24, 2.45) is 0 Å². The molecule has 0 spiro atoms. The average Bonchev–Trinajstić information content (AvgIpc) is 2.65. The molecular formula is C19H24Cl3N3O2. The number of ether oxygens (including phenoxy) is 1. The van der Waals surface area contributed by atoms with Crippen LogP contribution in [0.2, 0.25) is 5.02 Å². The highest BCUT2D eigenvalue weighted by Crippen LogP contribution is 2.29. The average molecular weight is 433 g/mol. The lowest BCUT2D eigenvalue weighted by Gasteiger charge is -2.34. The first-order valence-electron chi connectivity index (χ1n) is 8.32. The summed E-state index contributed by atoms with van der Waals surface area (Å²) >= 11 is 6.05. The molecule has 0 unspecified atom stereocenters. The SMILES string of the molecule is COc1cc(N)c(Cl)cc1C(=O)NC1CCN(c2ccccc2)CC1.Cl.Cl. The maximum Gasteiger partial charge on any atom is 0.255 e. The number of benzene rings is 2. The Bertz CT molecular complexity index is 751. The van der Waals surface area contributed by atoms with Crippen molar-refractivity contribution in [3.05, 3.63) is 53.1 Å². The van der Waals surface area contributed by atoms with Gasteiger partial charge in [0.1, 0.15) is 5.75 Å². The fourth-order valence-electron chi connectivity index (χ4n) is 3.10. The van der Waals surface area contributed by atoms with Gasteiger partial charge >= 0.3 is 0 Å². The molecule has 1 fully saturated rings. The Hall–Kier alpha value is -1.82. The van der Waals surface area contributed by atoms with Crippen molar-refractivity contribution in [2.45, 2.75) is 18.9 Å². The molecule has 2 aromatic rings. The molecule has 8 heteroatoms. The number of nitrogen functional groups attached to an aromatic ring is 1. The second kappa shape index (κ2) is 10.5. The number of nitrogens with one attached hydrogen (secondary N) is 1. The molecule has 0 atom stereocenters. The van der Waals surface area contributed by atoms with Crippen LogP contribution in [-0.2, 0) is 0 Å². The van der Waals surface area contributed by atoms with Gasteiger partial charge in [-0.05, 0) is 31.0 Å². The molecule has 3 N–H and O–H groups in total. The lowest BCUT2D eigenvalue weighted by molar-refractivity contribution is 0.0928. The van der Waals surface area contributed by atoms with Gasteiger partial charge in [0, 0.05) is 30.9 Å². The molecule has 5 nitrogen and oxygen atoms in total. The van der Waals surface area contributed by atoms with Gasteiger partial charge in [-0.2, -0.15) is 0 Å². The lowest BCUT2D eigenvalue weighted by Crippen LogP contribution is -2.44. The van der Waals surface area contributed by atoms with E-state index in [1.165, 1.54) is 12.8 Å². The summed E-state index contributed by atoms with van der Waals surface area (Å²) in [7, 11) is 1.51. The quantitative estimate of drug-likeness (QED) is 0.711. The van der Waals surface area contributed by atoms with Crippen LogP contribution in [0, 0.1) is 0 Å². The second-order valence-electron chi connectivity index (χ2n) is 6.14. The first-order valence-corrected chi connectivity index (χ1v) is 8.70. The van der Waals surface area contributed by atoms with Crippen molar-refractivity contribution in [2.75, 3.05) is 30.8 Å². The smallest absolute Gasteiger partial charge is 0.255 e. The van der Waals surface area contributed by atoms with E-state index in [2.05, 4.69) is 22.3 Å². The monoisotopic (exact) mass is 431 g/mol. The molecule has 1 heterocycles. The zero-order valence-corrected chi connectivity index (χ0v) is 17.4. The molecule has 1 amide bonds. The number of amides is 1. The molecule has 0 saturated carbocycles. The maximum absolute atomic E-state index is 12.6. The van der Waals surface area contributed by atoms with Gasteiger partial charge in [0.15, 0.2) is 0 Å². The largest absolute Gasteiger partial charge is 0.496 e. The van der Waals surface area contributed by atoms with Crippen molar-refractivity contribution in [3.8, 4) is 5.75 Å². The Morgan fingerprint density at radius 3 is 2.41 bits per heavy atom. The minimum absolute atomic E-state index is 0. The zero-order chi connectivity index (χ0) is 17.8. The molecule has 27 heavy (non-hydrogen) atoms. The van der Waals surface area contributed by atoms with Gasteiger partial charge in [-0.3, -0.25) is 4.79 Å². The molecule has 0 aromatic heterocycles. The van der Waals surface area contributed by atoms with Crippen molar-refractivity contribution < 1.29 is 9.53 Å². The van der Waals surface area contributed by atoms with Gasteiger partial charge < -0.3 is 20.7 Å². The minimum Gasteiger partial charge on any atom is -0.496 e. The summed E-state index contributed by atoms with van der Waals surface area (Å²) in [5.74, 6) is 0.248. The van der Waals surface area contributed by atoms with Crippen molar-refractivity contribution in [1.29, 1.82) is 0 Å². The predicted octanol–water partition coefficient (Wildman–Crippen LogP) is 4.17. The van der Waals surface area contributed by atoms with E-state index >= 15 is 0 Å². The van der Waals surface area contributed by atoms with E-state index in [4.69, 9.17) is 22.1 Å². The van der Waals surface area contributed by atoms with Crippen LogP contribution in [-0.4, -0.2) is 32.1 Å². The van der Waals surface area contributed by atoms with E-state index in [9.17, 15) is 4.79 Å². The molecule has 2 aromatic carbocycles. The topological polar surface area (TPSA) is 67.6 Å². The second-order valence-corrected chi connectivity index (χ2v) is 6.55. The maximum atomic E-state index is 12.6. The summed E-state index contributed by atoms with van der Waals surface area (Å²) in [6.07, 6.45) is 1.79. The highest BCUT2D eigenvalue weighted by molar-refractivity contribution is 6.33. The first kappa shape index (κ1) is 23.2. The Morgan fingerprint density at radius 1 is 1.19 bits per heavy atom.